The lowest BCUT2D eigenvalue weighted by molar-refractivity contribution is 0.0945. The summed E-state index contributed by atoms with van der Waals surface area (Å²) in [7, 11) is 0. The number of aliphatic hydroxyl groups is 2. The van der Waals surface area contributed by atoms with Gasteiger partial charge in [-0.15, -0.1) is 0 Å². The molecule has 0 radical (unpaired) electrons. The quantitative estimate of drug-likeness (QED) is 0.465. The molecule has 1 unspecified atom stereocenters. The Morgan fingerprint density at radius 2 is 2.09 bits per heavy atom. The van der Waals surface area contributed by atoms with Crippen molar-refractivity contribution < 1.29 is 10.2 Å². The van der Waals surface area contributed by atoms with Crippen molar-refractivity contribution >= 4 is 0 Å². The molecule has 0 saturated carbocycles. The second kappa shape index (κ2) is 7.98. The van der Waals surface area contributed by atoms with E-state index < -0.39 is 6.10 Å². The van der Waals surface area contributed by atoms with E-state index in [4.69, 9.17) is 10.2 Å². The maximum atomic E-state index is 8.90. The van der Waals surface area contributed by atoms with Crippen molar-refractivity contribution in [2.75, 3.05) is 19.7 Å². The molecule has 11 heavy (non-hydrogen) atoms. The van der Waals surface area contributed by atoms with Crippen molar-refractivity contribution in [2.24, 2.45) is 0 Å². The highest BCUT2D eigenvalue weighted by Crippen LogP contribution is 1.90. The molecular weight excluding hydrogens is 142 g/mol. The summed E-state index contributed by atoms with van der Waals surface area (Å²) in [6.07, 6.45) is 2.98. The molecule has 3 nitrogen and oxygen atoms in total. The second-order valence-electron chi connectivity index (χ2n) is 2.75. The Labute approximate surface area is 68.4 Å². The van der Waals surface area contributed by atoms with Crippen LogP contribution < -0.4 is 5.32 Å². The maximum absolute atomic E-state index is 8.90. The predicted molar refractivity (Wildman–Crippen MR) is 45.5 cm³/mol. The van der Waals surface area contributed by atoms with E-state index in [0.29, 0.717) is 6.54 Å². The smallest absolute Gasteiger partial charge is 0.0894 e. The first-order valence-electron chi connectivity index (χ1n) is 4.31. The summed E-state index contributed by atoms with van der Waals surface area (Å²) >= 11 is 0. The minimum Gasteiger partial charge on any atom is -0.394 e. The van der Waals surface area contributed by atoms with Crippen molar-refractivity contribution in [2.45, 2.75) is 32.3 Å². The normalized spacial score (nSPS) is 13.4. The predicted octanol–water partition coefficient (Wildman–Crippen LogP) is 0.119. The van der Waals surface area contributed by atoms with Gasteiger partial charge in [-0.3, -0.25) is 0 Å². The molecule has 0 spiro atoms. The summed E-state index contributed by atoms with van der Waals surface area (Å²) in [5.41, 5.74) is 0. The van der Waals surface area contributed by atoms with Crippen LogP contribution in [0.15, 0.2) is 0 Å². The Hall–Kier alpha value is -0.120. The van der Waals surface area contributed by atoms with E-state index in [-0.39, 0.29) is 6.61 Å². The van der Waals surface area contributed by atoms with Crippen LogP contribution in [0.1, 0.15) is 26.2 Å². The van der Waals surface area contributed by atoms with Crippen LogP contribution in [0.5, 0.6) is 0 Å². The van der Waals surface area contributed by atoms with Gasteiger partial charge in [0, 0.05) is 6.54 Å². The van der Waals surface area contributed by atoms with E-state index in [1.807, 2.05) is 0 Å². The average molecular weight is 161 g/mol. The minimum atomic E-state index is -0.600. The largest absolute Gasteiger partial charge is 0.394 e. The van der Waals surface area contributed by atoms with E-state index >= 15 is 0 Å². The molecule has 1 atom stereocenters. The number of aliphatic hydroxyl groups excluding tert-OH is 2. The summed E-state index contributed by atoms with van der Waals surface area (Å²) in [4.78, 5) is 0. The third-order valence-electron chi connectivity index (χ3n) is 1.55. The van der Waals surface area contributed by atoms with Crippen LogP contribution >= 0.6 is 0 Å². The minimum absolute atomic E-state index is 0.152. The fourth-order valence-electron chi connectivity index (χ4n) is 0.833. The molecule has 0 aliphatic rings. The van der Waals surface area contributed by atoms with E-state index in [9.17, 15) is 0 Å². The van der Waals surface area contributed by atoms with Gasteiger partial charge in [0.2, 0.25) is 0 Å². The third kappa shape index (κ3) is 7.78. The Kier molecular flexibility index (Phi) is 7.89. The number of hydrogen-bond acceptors (Lipinski definition) is 3. The van der Waals surface area contributed by atoms with E-state index in [1.165, 1.54) is 12.8 Å². The molecule has 0 amide bonds. The van der Waals surface area contributed by atoms with Crippen LogP contribution in [0.4, 0.5) is 0 Å². The summed E-state index contributed by atoms with van der Waals surface area (Å²) in [5.74, 6) is 0. The first kappa shape index (κ1) is 10.9. The number of rotatable bonds is 7. The summed E-state index contributed by atoms with van der Waals surface area (Å²) in [6, 6.07) is 0. The van der Waals surface area contributed by atoms with Crippen molar-refractivity contribution in [3.8, 4) is 0 Å². The lowest BCUT2D eigenvalue weighted by atomic mass is 10.2. The molecule has 0 fully saturated rings. The SMILES string of the molecule is CCCCCNCC(O)CO. The molecule has 0 bridgehead atoms. The second-order valence-corrected chi connectivity index (χ2v) is 2.75. The molecule has 0 aliphatic heterocycles. The molecule has 0 saturated heterocycles. The first-order valence-corrected chi connectivity index (χ1v) is 4.31. The topological polar surface area (TPSA) is 52.5 Å². The van der Waals surface area contributed by atoms with E-state index in [2.05, 4.69) is 12.2 Å². The van der Waals surface area contributed by atoms with E-state index in [0.717, 1.165) is 13.0 Å². The van der Waals surface area contributed by atoms with Gasteiger partial charge in [-0.2, -0.15) is 0 Å². The standard InChI is InChI=1S/C8H19NO2/c1-2-3-4-5-9-6-8(11)7-10/h8-11H,2-7H2,1H3. The van der Waals surface area contributed by atoms with Gasteiger partial charge in [0.05, 0.1) is 12.7 Å². The van der Waals surface area contributed by atoms with Crippen molar-refractivity contribution in [3.63, 3.8) is 0 Å². The van der Waals surface area contributed by atoms with E-state index in [1.54, 1.807) is 0 Å². The van der Waals surface area contributed by atoms with Crippen molar-refractivity contribution in [1.29, 1.82) is 0 Å². The van der Waals surface area contributed by atoms with Crippen LogP contribution in [0.2, 0.25) is 0 Å². The fourth-order valence-corrected chi connectivity index (χ4v) is 0.833. The summed E-state index contributed by atoms with van der Waals surface area (Å²) in [5, 5.41) is 20.4. The van der Waals surface area contributed by atoms with Gasteiger partial charge >= 0.3 is 0 Å². The van der Waals surface area contributed by atoms with Crippen LogP contribution in [-0.2, 0) is 0 Å². The third-order valence-corrected chi connectivity index (χ3v) is 1.55. The fraction of sp³-hybridized carbons (Fsp3) is 1.00. The Morgan fingerprint density at radius 3 is 2.64 bits per heavy atom. The molecule has 0 aliphatic carbocycles. The molecule has 3 heteroatoms. The highest BCUT2D eigenvalue weighted by molar-refractivity contribution is 4.56. The Morgan fingerprint density at radius 1 is 1.36 bits per heavy atom. The average Bonchev–Trinajstić information content (AvgIpc) is 2.04. The van der Waals surface area contributed by atoms with Gasteiger partial charge < -0.3 is 15.5 Å². The zero-order valence-corrected chi connectivity index (χ0v) is 7.21. The lowest BCUT2D eigenvalue weighted by Crippen LogP contribution is -2.29. The van der Waals surface area contributed by atoms with Crippen LogP contribution in [0.3, 0.4) is 0 Å². The summed E-state index contributed by atoms with van der Waals surface area (Å²) in [6.45, 7) is 3.44. The molecule has 0 rings (SSSR count). The van der Waals surface area contributed by atoms with Gasteiger partial charge in [-0.1, -0.05) is 19.8 Å². The Bertz CT molecular complexity index is 78.5. The van der Waals surface area contributed by atoms with Crippen LogP contribution in [0, 0.1) is 0 Å². The molecular formula is C8H19NO2. The summed E-state index contributed by atoms with van der Waals surface area (Å²) < 4.78 is 0. The number of hydrogen-bond donors (Lipinski definition) is 3. The maximum Gasteiger partial charge on any atom is 0.0894 e. The lowest BCUT2D eigenvalue weighted by Gasteiger charge is -2.07. The van der Waals surface area contributed by atoms with Crippen molar-refractivity contribution in [1.82, 2.24) is 5.32 Å². The molecule has 0 aromatic carbocycles. The molecule has 3 N–H and O–H groups in total. The zero-order valence-electron chi connectivity index (χ0n) is 7.21. The molecule has 0 aromatic rings. The van der Waals surface area contributed by atoms with Crippen LogP contribution in [0.25, 0.3) is 0 Å². The van der Waals surface area contributed by atoms with Crippen molar-refractivity contribution in [3.05, 3.63) is 0 Å². The molecule has 68 valence electrons. The van der Waals surface area contributed by atoms with Crippen LogP contribution in [-0.4, -0.2) is 36.0 Å². The highest BCUT2D eigenvalue weighted by atomic mass is 16.3. The first-order chi connectivity index (χ1) is 5.31. The van der Waals surface area contributed by atoms with Gasteiger partial charge in [0.25, 0.3) is 0 Å². The number of nitrogens with one attached hydrogen (secondary N) is 1. The Balaban J connectivity index is 2.89. The molecule has 0 heterocycles. The molecule has 0 aromatic heterocycles. The van der Waals surface area contributed by atoms with Gasteiger partial charge in [-0.05, 0) is 13.0 Å². The highest BCUT2D eigenvalue weighted by Gasteiger charge is 1.98. The van der Waals surface area contributed by atoms with Gasteiger partial charge in [0.15, 0.2) is 0 Å². The van der Waals surface area contributed by atoms with Gasteiger partial charge in [-0.25, -0.2) is 0 Å². The monoisotopic (exact) mass is 161 g/mol. The number of unbranched alkanes of at least 4 members (excludes halogenated alkanes) is 2. The van der Waals surface area contributed by atoms with Gasteiger partial charge in [0.1, 0.15) is 0 Å². The zero-order chi connectivity index (χ0) is 8.53.